The monoisotopic (exact) mass is 268 g/mol. The van der Waals surface area contributed by atoms with E-state index >= 15 is 0 Å². The van der Waals surface area contributed by atoms with Gasteiger partial charge in [-0.05, 0) is 45.9 Å². The Morgan fingerprint density at radius 2 is 2.05 bits per heavy atom. The van der Waals surface area contributed by atoms with Gasteiger partial charge in [0.15, 0.2) is 0 Å². The maximum absolute atomic E-state index is 13.2. The first-order valence-corrected chi connectivity index (χ1v) is 6.75. The van der Waals surface area contributed by atoms with Crippen LogP contribution in [-0.2, 0) is 0 Å². The fourth-order valence-electron chi connectivity index (χ4n) is 1.83. The van der Waals surface area contributed by atoms with Crippen LogP contribution in [0.15, 0.2) is 24.3 Å². The second-order valence-corrected chi connectivity index (χ2v) is 5.80. The van der Waals surface area contributed by atoms with Gasteiger partial charge in [-0.2, -0.15) is 0 Å². The minimum absolute atomic E-state index is 0.0170. The van der Waals surface area contributed by atoms with E-state index in [0.717, 1.165) is 12.2 Å². The lowest BCUT2D eigenvalue weighted by Crippen LogP contribution is -2.44. The van der Waals surface area contributed by atoms with Crippen molar-refractivity contribution in [1.29, 1.82) is 0 Å². The molecule has 3 nitrogen and oxygen atoms in total. The molecule has 19 heavy (non-hydrogen) atoms. The predicted molar refractivity (Wildman–Crippen MR) is 78.0 cm³/mol. The molecule has 0 heterocycles. The third kappa shape index (κ3) is 6.03. The first-order valence-electron chi connectivity index (χ1n) is 6.75. The van der Waals surface area contributed by atoms with Crippen LogP contribution in [0.25, 0.3) is 0 Å². The Morgan fingerprint density at radius 1 is 1.37 bits per heavy atom. The smallest absolute Gasteiger partial charge is 0.125 e. The molecule has 1 aromatic carbocycles. The third-order valence-corrected chi connectivity index (χ3v) is 2.85. The van der Waals surface area contributed by atoms with E-state index in [4.69, 9.17) is 0 Å². The number of halogens is 1. The maximum atomic E-state index is 13.2. The van der Waals surface area contributed by atoms with Crippen molar-refractivity contribution in [1.82, 2.24) is 5.32 Å². The lowest BCUT2D eigenvalue weighted by Gasteiger charge is -2.28. The molecule has 0 aliphatic heterocycles. The molecule has 1 rings (SSSR count). The molecule has 0 fully saturated rings. The van der Waals surface area contributed by atoms with E-state index in [9.17, 15) is 9.50 Å². The summed E-state index contributed by atoms with van der Waals surface area (Å²) in [6.45, 7) is 9.92. The Kier molecular flexibility index (Phi) is 5.76. The van der Waals surface area contributed by atoms with E-state index in [0.29, 0.717) is 13.1 Å². The molecule has 2 N–H and O–H groups in total. The molecule has 4 heteroatoms. The Labute approximate surface area is 115 Å². The zero-order valence-corrected chi connectivity index (χ0v) is 12.3. The van der Waals surface area contributed by atoms with E-state index in [1.807, 2.05) is 17.9 Å². The summed E-state index contributed by atoms with van der Waals surface area (Å²) in [4.78, 5) is 1.97. The highest BCUT2D eigenvalue weighted by atomic mass is 19.1. The van der Waals surface area contributed by atoms with Crippen molar-refractivity contribution in [3.8, 4) is 0 Å². The van der Waals surface area contributed by atoms with Crippen LogP contribution in [-0.4, -0.2) is 36.4 Å². The molecule has 0 radical (unpaired) electrons. The molecule has 1 unspecified atom stereocenters. The Bertz CT molecular complexity index is 390. The minimum Gasteiger partial charge on any atom is -0.390 e. The summed E-state index contributed by atoms with van der Waals surface area (Å²) in [6.07, 6.45) is -0.484. The topological polar surface area (TPSA) is 35.5 Å². The lowest BCUT2D eigenvalue weighted by molar-refractivity contribution is 0.166. The van der Waals surface area contributed by atoms with Gasteiger partial charge in [0.05, 0.1) is 6.10 Å². The predicted octanol–water partition coefficient (Wildman–Crippen LogP) is 2.40. The molecule has 0 saturated carbocycles. The van der Waals surface area contributed by atoms with Crippen LogP contribution in [0.5, 0.6) is 0 Å². The second-order valence-electron chi connectivity index (χ2n) is 5.80. The van der Waals surface area contributed by atoms with Crippen molar-refractivity contribution < 1.29 is 9.50 Å². The van der Waals surface area contributed by atoms with Gasteiger partial charge in [0.25, 0.3) is 0 Å². The zero-order chi connectivity index (χ0) is 14.5. The van der Waals surface area contributed by atoms with Gasteiger partial charge in [0.2, 0.25) is 0 Å². The van der Waals surface area contributed by atoms with Crippen LogP contribution in [0.2, 0.25) is 0 Å². The van der Waals surface area contributed by atoms with Crippen LogP contribution in [0, 0.1) is 5.82 Å². The summed E-state index contributed by atoms with van der Waals surface area (Å²) < 4.78 is 13.2. The average Bonchev–Trinajstić information content (AvgIpc) is 2.32. The molecule has 0 aromatic heterocycles. The van der Waals surface area contributed by atoms with Gasteiger partial charge in [-0.25, -0.2) is 4.39 Å². The maximum Gasteiger partial charge on any atom is 0.125 e. The number of aliphatic hydroxyl groups excluding tert-OH is 1. The molecule has 0 spiro atoms. The normalized spacial score (nSPS) is 13.4. The van der Waals surface area contributed by atoms with E-state index < -0.39 is 6.10 Å². The number of benzene rings is 1. The molecule has 1 aromatic rings. The largest absolute Gasteiger partial charge is 0.390 e. The number of nitrogens with one attached hydrogen (secondary N) is 1. The SMILES string of the molecule is CCN(CC(O)CNC(C)(C)C)c1cccc(F)c1. The number of likely N-dealkylation sites (N-methyl/N-ethyl adjacent to an activating group) is 1. The highest BCUT2D eigenvalue weighted by Gasteiger charge is 2.15. The molecule has 0 bridgehead atoms. The van der Waals surface area contributed by atoms with Crippen molar-refractivity contribution in [3.05, 3.63) is 30.1 Å². The van der Waals surface area contributed by atoms with Crippen LogP contribution < -0.4 is 10.2 Å². The molecule has 108 valence electrons. The number of hydrogen-bond acceptors (Lipinski definition) is 3. The summed E-state index contributed by atoms with van der Waals surface area (Å²) in [5.41, 5.74) is 0.786. The summed E-state index contributed by atoms with van der Waals surface area (Å²) in [5, 5.41) is 13.3. The van der Waals surface area contributed by atoms with Crippen molar-refractivity contribution in [2.24, 2.45) is 0 Å². The van der Waals surface area contributed by atoms with Crippen LogP contribution in [0.4, 0.5) is 10.1 Å². The van der Waals surface area contributed by atoms with Crippen LogP contribution in [0.3, 0.4) is 0 Å². The van der Waals surface area contributed by atoms with Gasteiger partial charge in [-0.1, -0.05) is 6.07 Å². The Morgan fingerprint density at radius 3 is 2.58 bits per heavy atom. The molecular formula is C15H25FN2O. The van der Waals surface area contributed by atoms with Crippen molar-refractivity contribution in [2.75, 3.05) is 24.5 Å². The summed E-state index contributed by atoms with van der Waals surface area (Å²) >= 11 is 0. The molecule has 0 aliphatic rings. The first-order chi connectivity index (χ1) is 8.81. The van der Waals surface area contributed by atoms with Gasteiger partial charge < -0.3 is 15.3 Å². The van der Waals surface area contributed by atoms with E-state index in [1.165, 1.54) is 12.1 Å². The van der Waals surface area contributed by atoms with Crippen molar-refractivity contribution in [3.63, 3.8) is 0 Å². The van der Waals surface area contributed by atoms with Crippen LogP contribution >= 0.6 is 0 Å². The Hall–Kier alpha value is -1.13. The van der Waals surface area contributed by atoms with Gasteiger partial charge in [-0.15, -0.1) is 0 Å². The zero-order valence-electron chi connectivity index (χ0n) is 12.3. The number of hydrogen-bond donors (Lipinski definition) is 2. The lowest BCUT2D eigenvalue weighted by atomic mass is 10.1. The summed E-state index contributed by atoms with van der Waals surface area (Å²) in [7, 11) is 0. The first kappa shape index (κ1) is 15.9. The molecule has 0 saturated heterocycles. The number of anilines is 1. The number of β-amino-alcohol motifs (C(OH)–C–C–N with tert-alkyl or cyclic N) is 1. The van der Waals surface area contributed by atoms with Crippen molar-refractivity contribution in [2.45, 2.75) is 39.3 Å². The standard InChI is InChI=1S/C15H25FN2O/c1-5-18(13-8-6-7-12(16)9-13)11-14(19)10-17-15(2,3)4/h6-9,14,17,19H,5,10-11H2,1-4H3. The molecule has 0 aliphatic carbocycles. The van der Waals surface area contributed by atoms with E-state index in [2.05, 4.69) is 26.1 Å². The van der Waals surface area contributed by atoms with Gasteiger partial charge in [0.1, 0.15) is 5.82 Å². The fraction of sp³-hybridized carbons (Fsp3) is 0.600. The third-order valence-electron chi connectivity index (χ3n) is 2.85. The fourth-order valence-corrected chi connectivity index (χ4v) is 1.83. The highest BCUT2D eigenvalue weighted by molar-refractivity contribution is 5.46. The second kappa shape index (κ2) is 6.87. The Balaban J connectivity index is 2.57. The van der Waals surface area contributed by atoms with Crippen molar-refractivity contribution >= 4 is 5.69 Å². The molecule has 1 atom stereocenters. The number of rotatable bonds is 6. The molecular weight excluding hydrogens is 243 g/mol. The summed E-state index contributed by atoms with van der Waals surface area (Å²) in [5.74, 6) is -0.252. The van der Waals surface area contributed by atoms with Gasteiger partial charge >= 0.3 is 0 Å². The van der Waals surface area contributed by atoms with E-state index in [-0.39, 0.29) is 11.4 Å². The highest BCUT2D eigenvalue weighted by Crippen LogP contribution is 2.15. The van der Waals surface area contributed by atoms with Crippen LogP contribution in [0.1, 0.15) is 27.7 Å². The quantitative estimate of drug-likeness (QED) is 0.831. The minimum atomic E-state index is -0.484. The molecule has 0 amide bonds. The number of aliphatic hydroxyl groups is 1. The van der Waals surface area contributed by atoms with Gasteiger partial charge in [0, 0.05) is 30.9 Å². The average molecular weight is 268 g/mol. The number of nitrogens with zero attached hydrogens (tertiary/aromatic N) is 1. The summed E-state index contributed by atoms with van der Waals surface area (Å²) in [6, 6.07) is 6.46. The van der Waals surface area contributed by atoms with Gasteiger partial charge in [-0.3, -0.25) is 0 Å². The van der Waals surface area contributed by atoms with E-state index in [1.54, 1.807) is 6.07 Å².